The molecule has 86 valence electrons. The molecule has 15 heavy (non-hydrogen) atoms. The third-order valence-electron chi connectivity index (χ3n) is 2.16. The summed E-state index contributed by atoms with van der Waals surface area (Å²) in [6.45, 7) is 2.57. The Balaban J connectivity index is 2.41. The number of ether oxygens (including phenoxy) is 1. The molecule has 1 unspecified atom stereocenters. The molecule has 0 aliphatic heterocycles. The molecule has 1 rings (SSSR count). The first-order chi connectivity index (χ1) is 7.27. The molecule has 1 atom stereocenters. The van der Waals surface area contributed by atoms with E-state index >= 15 is 0 Å². The molecule has 0 aliphatic rings. The van der Waals surface area contributed by atoms with Gasteiger partial charge in [0.25, 0.3) is 0 Å². The molecule has 0 saturated heterocycles. The molecule has 0 aliphatic carbocycles. The average molecular weight is 213 g/mol. The minimum atomic E-state index is -0.293. The second kappa shape index (κ2) is 6.53. The molecule has 5 heteroatoms. The second-order valence-electron chi connectivity index (χ2n) is 3.57. The van der Waals surface area contributed by atoms with Gasteiger partial charge in [-0.15, -0.1) is 0 Å². The van der Waals surface area contributed by atoms with Crippen LogP contribution < -0.4 is 5.73 Å². The van der Waals surface area contributed by atoms with Gasteiger partial charge in [-0.25, -0.2) is 0 Å². The number of nitrogens with zero attached hydrogens (tertiary/aromatic N) is 2. The van der Waals surface area contributed by atoms with Crippen molar-refractivity contribution in [3.63, 3.8) is 0 Å². The molecule has 1 heterocycles. The van der Waals surface area contributed by atoms with Crippen molar-refractivity contribution in [3.05, 3.63) is 11.7 Å². The summed E-state index contributed by atoms with van der Waals surface area (Å²) in [4.78, 5) is 4.22. The van der Waals surface area contributed by atoms with Gasteiger partial charge in [0, 0.05) is 13.5 Å². The van der Waals surface area contributed by atoms with Gasteiger partial charge in [-0.05, 0) is 6.42 Å². The minimum absolute atomic E-state index is 0.293. The highest BCUT2D eigenvalue weighted by Gasteiger charge is 2.13. The summed E-state index contributed by atoms with van der Waals surface area (Å²) in [5.41, 5.74) is 5.76. The van der Waals surface area contributed by atoms with Crippen LogP contribution in [-0.2, 0) is 11.2 Å². The fourth-order valence-corrected chi connectivity index (χ4v) is 1.30. The van der Waals surface area contributed by atoms with E-state index in [-0.39, 0.29) is 6.04 Å². The van der Waals surface area contributed by atoms with Gasteiger partial charge in [0.1, 0.15) is 0 Å². The molecular formula is C10H19N3O2. The Morgan fingerprint density at radius 1 is 1.47 bits per heavy atom. The lowest BCUT2D eigenvalue weighted by Gasteiger charge is -2.03. The Labute approximate surface area is 90.0 Å². The standard InChI is InChI=1S/C10H19N3O2/c1-3-4-5-6-9-12-10(13-15-9)8(11)7-14-2/h8H,3-7,11H2,1-2H3. The third-order valence-corrected chi connectivity index (χ3v) is 2.16. The third kappa shape index (κ3) is 3.97. The van der Waals surface area contributed by atoms with E-state index in [1.54, 1.807) is 7.11 Å². The van der Waals surface area contributed by atoms with Crippen LogP contribution in [0.4, 0.5) is 0 Å². The SMILES string of the molecule is CCCCCc1nc(C(N)COC)no1. The van der Waals surface area contributed by atoms with E-state index in [0.29, 0.717) is 18.3 Å². The summed E-state index contributed by atoms with van der Waals surface area (Å²) in [5.74, 6) is 1.20. The van der Waals surface area contributed by atoms with E-state index in [0.717, 1.165) is 12.8 Å². The molecule has 0 radical (unpaired) electrons. The van der Waals surface area contributed by atoms with Crippen LogP contribution in [0.1, 0.15) is 43.9 Å². The lowest BCUT2D eigenvalue weighted by atomic mass is 10.2. The van der Waals surface area contributed by atoms with Crippen LogP contribution in [0.5, 0.6) is 0 Å². The van der Waals surface area contributed by atoms with Crippen LogP contribution in [0.2, 0.25) is 0 Å². The van der Waals surface area contributed by atoms with Crippen molar-refractivity contribution in [2.24, 2.45) is 5.73 Å². The fourth-order valence-electron chi connectivity index (χ4n) is 1.30. The zero-order valence-corrected chi connectivity index (χ0v) is 9.40. The van der Waals surface area contributed by atoms with Crippen LogP contribution >= 0.6 is 0 Å². The number of aryl methyl sites for hydroxylation is 1. The van der Waals surface area contributed by atoms with Gasteiger partial charge < -0.3 is 15.0 Å². The monoisotopic (exact) mass is 213 g/mol. The van der Waals surface area contributed by atoms with E-state index in [2.05, 4.69) is 17.1 Å². The molecule has 0 spiro atoms. The number of hydrogen-bond acceptors (Lipinski definition) is 5. The van der Waals surface area contributed by atoms with Gasteiger partial charge in [0.15, 0.2) is 5.82 Å². The Kier molecular flexibility index (Phi) is 5.28. The second-order valence-corrected chi connectivity index (χ2v) is 3.57. The predicted molar refractivity (Wildman–Crippen MR) is 56.3 cm³/mol. The fraction of sp³-hybridized carbons (Fsp3) is 0.800. The van der Waals surface area contributed by atoms with E-state index in [9.17, 15) is 0 Å². The van der Waals surface area contributed by atoms with Crippen LogP contribution in [0.15, 0.2) is 4.52 Å². The van der Waals surface area contributed by atoms with Crippen molar-refractivity contribution in [2.45, 2.75) is 38.6 Å². The predicted octanol–water partition coefficient (Wildman–Crippen LogP) is 1.45. The lowest BCUT2D eigenvalue weighted by Crippen LogP contribution is -2.17. The van der Waals surface area contributed by atoms with E-state index in [1.165, 1.54) is 12.8 Å². The van der Waals surface area contributed by atoms with Crippen molar-refractivity contribution in [2.75, 3.05) is 13.7 Å². The Bertz CT molecular complexity index is 275. The molecule has 0 aromatic carbocycles. The zero-order chi connectivity index (χ0) is 11.1. The normalized spacial score (nSPS) is 13.0. The van der Waals surface area contributed by atoms with Crippen molar-refractivity contribution >= 4 is 0 Å². The van der Waals surface area contributed by atoms with Gasteiger partial charge >= 0.3 is 0 Å². The van der Waals surface area contributed by atoms with Gasteiger partial charge in [-0.2, -0.15) is 4.98 Å². The van der Waals surface area contributed by atoms with E-state index < -0.39 is 0 Å². The number of methoxy groups -OCH3 is 1. The maximum absolute atomic E-state index is 5.76. The van der Waals surface area contributed by atoms with Gasteiger partial charge in [0.05, 0.1) is 12.6 Å². The number of unbranched alkanes of at least 4 members (excludes halogenated alkanes) is 2. The highest BCUT2D eigenvalue weighted by molar-refractivity contribution is 4.92. The van der Waals surface area contributed by atoms with Crippen LogP contribution in [-0.4, -0.2) is 23.9 Å². The molecule has 0 fully saturated rings. The average Bonchev–Trinajstić information content (AvgIpc) is 2.67. The number of rotatable bonds is 7. The quantitative estimate of drug-likeness (QED) is 0.694. The first kappa shape index (κ1) is 12.1. The van der Waals surface area contributed by atoms with Gasteiger partial charge in [-0.1, -0.05) is 24.9 Å². The van der Waals surface area contributed by atoms with Crippen LogP contribution in [0.25, 0.3) is 0 Å². The first-order valence-corrected chi connectivity index (χ1v) is 5.35. The molecule has 1 aromatic heterocycles. The van der Waals surface area contributed by atoms with Gasteiger partial charge in [0.2, 0.25) is 5.89 Å². The largest absolute Gasteiger partial charge is 0.383 e. The lowest BCUT2D eigenvalue weighted by molar-refractivity contribution is 0.177. The number of nitrogens with two attached hydrogens (primary N) is 1. The summed E-state index contributed by atoms with van der Waals surface area (Å²) in [6, 6.07) is -0.293. The summed E-state index contributed by atoms with van der Waals surface area (Å²) in [7, 11) is 1.60. The van der Waals surface area contributed by atoms with Crippen LogP contribution in [0.3, 0.4) is 0 Å². The highest BCUT2D eigenvalue weighted by atomic mass is 16.5. The van der Waals surface area contributed by atoms with Crippen molar-refractivity contribution < 1.29 is 9.26 Å². The smallest absolute Gasteiger partial charge is 0.226 e. The van der Waals surface area contributed by atoms with Crippen molar-refractivity contribution in [3.8, 4) is 0 Å². The summed E-state index contributed by atoms with van der Waals surface area (Å²) >= 11 is 0. The Morgan fingerprint density at radius 2 is 2.27 bits per heavy atom. The van der Waals surface area contributed by atoms with Gasteiger partial charge in [-0.3, -0.25) is 0 Å². The molecule has 2 N–H and O–H groups in total. The summed E-state index contributed by atoms with van der Waals surface area (Å²) in [6.07, 6.45) is 4.28. The Morgan fingerprint density at radius 3 is 2.93 bits per heavy atom. The van der Waals surface area contributed by atoms with E-state index in [4.69, 9.17) is 15.0 Å². The molecular weight excluding hydrogens is 194 g/mol. The topological polar surface area (TPSA) is 74.2 Å². The molecule has 5 nitrogen and oxygen atoms in total. The Hall–Kier alpha value is -0.940. The molecule has 0 amide bonds. The molecule has 0 saturated carbocycles. The summed E-state index contributed by atoms with van der Waals surface area (Å²) < 4.78 is 10.0. The molecule has 1 aromatic rings. The number of aromatic nitrogens is 2. The minimum Gasteiger partial charge on any atom is -0.383 e. The zero-order valence-electron chi connectivity index (χ0n) is 9.40. The highest BCUT2D eigenvalue weighted by Crippen LogP contribution is 2.09. The van der Waals surface area contributed by atoms with Crippen molar-refractivity contribution in [1.29, 1.82) is 0 Å². The maximum atomic E-state index is 5.76. The number of hydrogen-bond donors (Lipinski definition) is 1. The summed E-state index contributed by atoms with van der Waals surface area (Å²) in [5, 5.41) is 3.82. The first-order valence-electron chi connectivity index (χ1n) is 5.35. The molecule has 0 bridgehead atoms. The van der Waals surface area contributed by atoms with E-state index in [1.807, 2.05) is 0 Å². The van der Waals surface area contributed by atoms with Crippen molar-refractivity contribution in [1.82, 2.24) is 10.1 Å². The van der Waals surface area contributed by atoms with Crippen LogP contribution in [0, 0.1) is 0 Å². The maximum Gasteiger partial charge on any atom is 0.226 e.